The molecule has 0 aliphatic heterocycles. The van der Waals surface area contributed by atoms with Crippen molar-refractivity contribution in [3.05, 3.63) is 107 Å². The number of rotatable bonds is 8. The fourth-order valence-electron chi connectivity index (χ4n) is 3.99. The minimum absolute atomic E-state index is 0.0186. The summed E-state index contributed by atoms with van der Waals surface area (Å²) in [6, 6.07) is 21.9. The van der Waals surface area contributed by atoms with Crippen LogP contribution < -0.4 is 10.1 Å². The van der Waals surface area contributed by atoms with E-state index in [1.54, 1.807) is 50.4 Å². The molecule has 1 heterocycles. The quantitative estimate of drug-likeness (QED) is 0.206. The Hall–Kier alpha value is -4.48. The Kier molecular flexibility index (Phi) is 8.19. The maximum Gasteiger partial charge on any atom is 0.258 e. The number of hydrogen-bond acceptors (Lipinski definition) is 6. The molecule has 4 aromatic rings. The van der Waals surface area contributed by atoms with Gasteiger partial charge in [0.1, 0.15) is 22.7 Å². The molecule has 8 heteroatoms. The van der Waals surface area contributed by atoms with Crippen molar-refractivity contribution in [2.24, 2.45) is 0 Å². The molecule has 0 unspecified atom stereocenters. The Labute approximate surface area is 224 Å². The van der Waals surface area contributed by atoms with E-state index in [0.29, 0.717) is 33.3 Å². The number of pyridine rings is 1. The van der Waals surface area contributed by atoms with Crippen molar-refractivity contribution in [1.82, 2.24) is 4.98 Å². The molecule has 4 rings (SSSR count). The van der Waals surface area contributed by atoms with Gasteiger partial charge < -0.3 is 10.1 Å². The third-order valence-corrected chi connectivity index (χ3v) is 6.92. The van der Waals surface area contributed by atoms with Crippen LogP contribution in [0.25, 0.3) is 11.1 Å². The van der Waals surface area contributed by atoms with Crippen molar-refractivity contribution >= 4 is 29.1 Å². The van der Waals surface area contributed by atoms with E-state index in [0.717, 1.165) is 17.3 Å². The highest BCUT2D eigenvalue weighted by atomic mass is 32.2. The fourth-order valence-corrected chi connectivity index (χ4v) is 4.92. The topological polar surface area (TPSA) is 92.1 Å². The van der Waals surface area contributed by atoms with Crippen molar-refractivity contribution in [3.8, 4) is 22.9 Å². The van der Waals surface area contributed by atoms with E-state index < -0.39 is 11.7 Å². The highest BCUT2D eigenvalue weighted by molar-refractivity contribution is 8.00. The van der Waals surface area contributed by atoms with E-state index >= 15 is 0 Å². The van der Waals surface area contributed by atoms with Gasteiger partial charge in [-0.2, -0.15) is 5.26 Å². The van der Waals surface area contributed by atoms with Crippen LogP contribution in [0.15, 0.2) is 77.8 Å². The van der Waals surface area contributed by atoms with Crippen molar-refractivity contribution in [2.45, 2.75) is 18.9 Å². The number of ketones is 1. The summed E-state index contributed by atoms with van der Waals surface area (Å²) in [5.74, 6) is -0.474. The smallest absolute Gasteiger partial charge is 0.258 e. The van der Waals surface area contributed by atoms with E-state index in [4.69, 9.17) is 4.74 Å². The van der Waals surface area contributed by atoms with Crippen LogP contribution in [0.1, 0.15) is 37.5 Å². The van der Waals surface area contributed by atoms with Gasteiger partial charge in [-0.25, -0.2) is 9.37 Å². The Morgan fingerprint density at radius 2 is 1.79 bits per heavy atom. The summed E-state index contributed by atoms with van der Waals surface area (Å²) >= 11 is 1.10. The van der Waals surface area contributed by atoms with Gasteiger partial charge in [0.05, 0.1) is 29.7 Å². The number of methoxy groups -OCH3 is 1. The number of aryl methyl sites for hydroxylation is 2. The van der Waals surface area contributed by atoms with Gasteiger partial charge in [-0.3, -0.25) is 9.59 Å². The summed E-state index contributed by atoms with van der Waals surface area (Å²) in [7, 11) is 1.55. The second-order valence-corrected chi connectivity index (χ2v) is 9.42. The monoisotopic (exact) mass is 525 g/mol. The number of halogens is 1. The predicted octanol–water partition coefficient (Wildman–Crippen LogP) is 6.61. The Morgan fingerprint density at radius 1 is 1.05 bits per heavy atom. The van der Waals surface area contributed by atoms with E-state index in [1.807, 2.05) is 25.1 Å². The minimum Gasteiger partial charge on any atom is -0.497 e. The number of ether oxygens (including phenoxy) is 1. The summed E-state index contributed by atoms with van der Waals surface area (Å²) in [6.07, 6.45) is 0. The van der Waals surface area contributed by atoms with Gasteiger partial charge in [-0.15, -0.1) is 0 Å². The number of benzene rings is 3. The number of nitrogens with zero attached hydrogens (tertiary/aromatic N) is 2. The molecule has 0 saturated carbocycles. The molecule has 0 atom stereocenters. The third-order valence-electron chi connectivity index (χ3n) is 5.94. The average molecular weight is 526 g/mol. The predicted molar refractivity (Wildman–Crippen MR) is 146 cm³/mol. The molecule has 0 fully saturated rings. The van der Waals surface area contributed by atoms with E-state index in [9.17, 15) is 19.2 Å². The number of nitriles is 1. The number of hydrogen-bond donors (Lipinski definition) is 1. The van der Waals surface area contributed by atoms with Crippen molar-refractivity contribution in [2.75, 3.05) is 18.2 Å². The molecule has 1 amide bonds. The molecule has 0 radical (unpaired) electrons. The number of aromatic nitrogens is 1. The molecule has 0 saturated heterocycles. The first-order valence-electron chi connectivity index (χ1n) is 11.7. The zero-order valence-electron chi connectivity index (χ0n) is 21.0. The Bertz CT molecular complexity index is 1560. The van der Waals surface area contributed by atoms with Gasteiger partial charge in [-0.05, 0) is 67.4 Å². The van der Waals surface area contributed by atoms with Gasteiger partial charge in [0.25, 0.3) is 5.91 Å². The Morgan fingerprint density at radius 3 is 2.45 bits per heavy atom. The summed E-state index contributed by atoms with van der Waals surface area (Å²) < 4.78 is 19.4. The first-order chi connectivity index (χ1) is 18.3. The first kappa shape index (κ1) is 26.6. The van der Waals surface area contributed by atoms with Gasteiger partial charge in [0.15, 0.2) is 5.78 Å². The van der Waals surface area contributed by atoms with Gasteiger partial charge >= 0.3 is 0 Å². The van der Waals surface area contributed by atoms with Crippen LogP contribution >= 0.6 is 11.8 Å². The number of carbonyl (C=O) groups is 2. The zero-order valence-corrected chi connectivity index (χ0v) is 21.9. The molecule has 0 aliphatic rings. The lowest BCUT2D eigenvalue weighted by Gasteiger charge is -2.17. The summed E-state index contributed by atoms with van der Waals surface area (Å²) in [4.78, 5) is 30.9. The first-order valence-corrected chi connectivity index (χ1v) is 12.7. The summed E-state index contributed by atoms with van der Waals surface area (Å²) in [6.45, 7) is 3.53. The van der Waals surface area contributed by atoms with Crippen molar-refractivity contribution < 1.29 is 18.7 Å². The van der Waals surface area contributed by atoms with Crippen LogP contribution in [0.3, 0.4) is 0 Å². The number of carbonyl (C=O) groups excluding carboxylic acids is 2. The third kappa shape index (κ3) is 5.74. The highest BCUT2D eigenvalue weighted by Crippen LogP contribution is 2.36. The number of Topliss-reactive ketones (excluding diaryl/α,β-unsaturated/α-hetero) is 1. The van der Waals surface area contributed by atoms with Crippen molar-refractivity contribution in [1.29, 1.82) is 5.26 Å². The fraction of sp³-hybridized carbons (Fsp3) is 0.133. The lowest BCUT2D eigenvalue weighted by Crippen LogP contribution is -2.18. The maximum absolute atomic E-state index is 14.3. The van der Waals surface area contributed by atoms with Crippen LogP contribution in [0, 0.1) is 31.0 Å². The van der Waals surface area contributed by atoms with Crippen LogP contribution in [-0.4, -0.2) is 29.5 Å². The number of anilines is 1. The second kappa shape index (κ2) is 11.7. The molecule has 190 valence electrons. The molecule has 1 aromatic heterocycles. The van der Waals surface area contributed by atoms with Gasteiger partial charge in [0, 0.05) is 16.8 Å². The lowest BCUT2D eigenvalue weighted by molar-refractivity contribution is 0.101. The largest absolute Gasteiger partial charge is 0.497 e. The molecular formula is C30H24FN3O3S. The molecule has 3 aromatic carbocycles. The zero-order chi connectivity index (χ0) is 27.2. The number of thioether (sulfide) groups is 1. The molecule has 0 spiro atoms. The minimum atomic E-state index is -0.505. The van der Waals surface area contributed by atoms with E-state index in [-0.39, 0.29) is 28.2 Å². The standard InChI is InChI=1S/C30H24FN3O3S/c1-18-7-4-5-10-25(18)34-29(36)27-19(2)33-30(24(16-32)28(27)21-8-6-9-22(31)15-21)38-17-26(35)20-11-13-23(37-3)14-12-20/h4-15H,17H2,1-3H3,(H,34,36). The van der Waals surface area contributed by atoms with Crippen LogP contribution in [0.5, 0.6) is 5.75 Å². The molecule has 38 heavy (non-hydrogen) atoms. The maximum atomic E-state index is 14.3. The summed E-state index contributed by atoms with van der Waals surface area (Å²) in [5.41, 5.74) is 3.23. The molecular weight excluding hydrogens is 501 g/mol. The van der Waals surface area contributed by atoms with Gasteiger partial charge in [0.2, 0.25) is 0 Å². The van der Waals surface area contributed by atoms with Gasteiger partial charge in [-0.1, -0.05) is 42.1 Å². The van der Waals surface area contributed by atoms with Crippen molar-refractivity contribution in [3.63, 3.8) is 0 Å². The molecule has 0 aliphatic carbocycles. The SMILES string of the molecule is COc1ccc(C(=O)CSc2nc(C)c(C(=O)Nc3ccccc3C)c(-c3cccc(F)c3)c2C#N)cc1. The number of para-hydroxylation sites is 1. The molecule has 0 bridgehead atoms. The average Bonchev–Trinajstić information content (AvgIpc) is 2.92. The number of nitrogens with one attached hydrogen (secondary N) is 1. The molecule has 1 N–H and O–H groups in total. The van der Waals surface area contributed by atoms with Crippen LogP contribution in [0.4, 0.5) is 10.1 Å². The molecule has 6 nitrogen and oxygen atoms in total. The normalized spacial score (nSPS) is 10.5. The van der Waals surface area contributed by atoms with Crippen LogP contribution in [-0.2, 0) is 0 Å². The van der Waals surface area contributed by atoms with Crippen LogP contribution in [0.2, 0.25) is 0 Å². The lowest BCUT2D eigenvalue weighted by atomic mass is 9.94. The van der Waals surface area contributed by atoms with E-state index in [2.05, 4.69) is 16.4 Å². The second-order valence-electron chi connectivity index (χ2n) is 8.46. The highest BCUT2D eigenvalue weighted by Gasteiger charge is 2.25. The van der Waals surface area contributed by atoms with E-state index in [1.165, 1.54) is 18.2 Å². The summed E-state index contributed by atoms with van der Waals surface area (Å²) in [5, 5.41) is 13.4. The number of amides is 1. The Balaban J connectivity index is 1.76.